The Labute approximate surface area is 126 Å². The van der Waals surface area contributed by atoms with Crippen LogP contribution in [-0.4, -0.2) is 5.78 Å². The number of hydrogen-bond donors (Lipinski definition) is 0. The summed E-state index contributed by atoms with van der Waals surface area (Å²) in [5, 5.41) is 0.290. The summed E-state index contributed by atoms with van der Waals surface area (Å²) in [6, 6.07) is 5.82. The second-order valence-corrected chi connectivity index (χ2v) is 5.29. The Balaban J connectivity index is 2.33. The Bertz CT molecular complexity index is 688. The molecule has 0 aliphatic carbocycles. The van der Waals surface area contributed by atoms with Gasteiger partial charge in [0.2, 0.25) is 0 Å². The molecule has 0 atom stereocenters. The van der Waals surface area contributed by atoms with Crippen LogP contribution < -0.4 is 0 Å². The minimum atomic E-state index is -1.15. The van der Waals surface area contributed by atoms with Gasteiger partial charge in [-0.25, -0.2) is 13.2 Å². The van der Waals surface area contributed by atoms with E-state index in [2.05, 4.69) is 15.9 Å². The van der Waals surface area contributed by atoms with Crippen LogP contribution in [-0.2, 0) is 6.42 Å². The molecule has 0 saturated heterocycles. The highest BCUT2D eigenvalue weighted by Gasteiger charge is 2.18. The predicted molar refractivity (Wildman–Crippen MR) is 73.5 cm³/mol. The average molecular weight is 364 g/mol. The van der Waals surface area contributed by atoms with Crippen molar-refractivity contribution in [3.63, 3.8) is 0 Å². The standard InChI is InChI=1S/C14H7BrClF3O/c15-13-9(2-4-11(18)14(13)19)12(20)6-7-5-8(16)1-3-10(7)17/h1-5H,6H2. The van der Waals surface area contributed by atoms with Crippen LogP contribution in [0.2, 0.25) is 5.02 Å². The molecule has 20 heavy (non-hydrogen) atoms. The molecule has 0 fully saturated rings. The van der Waals surface area contributed by atoms with E-state index in [0.717, 1.165) is 18.2 Å². The molecule has 0 unspecified atom stereocenters. The van der Waals surface area contributed by atoms with Gasteiger partial charge in [-0.2, -0.15) is 0 Å². The quantitative estimate of drug-likeness (QED) is 0.557. The molecule has 0 aliphatic rings. The summed E-state index contributed by atoms with van der Waals surface area (Å²) in [6.45, 7) is 0. The third-order valence-electron chi connectivity index (χ3n) is 2.69. The first-order chi connectivity index (χ1) is 9.40. The molecule has 0 amide bonds. The summed E-state index contributed by atoms with van der Waals surface area (Å²) in [6.07, 6.45) is -0.296. The number of rotatable bonds is 3. The Morgan fingerprint density at radius 3 is 2.45 bits per heavy atom. The molecule has 104 valence electrons. The second kappa shape index (κ2) is 5.97. The summed E-state index contributed by atoms with van der Waals surface area (Å²) in [5.41, 5.74) is 0.0439. The number of halogens is 5. The first kappa shape index (κ1) is 15.1. The minimum absolute atomic E-state index is 0.0525. The lowest BCUT2D eigenvalue weighted by atomic mass is 10.0. The average Bonchev–Trinajstić information content (AvgIpc) is 2.40. The zero-order valence-electron chi connectivity index (χ0n) is 9.89. The van der Waals surface area contributed by atoms with Gasteiger partial charge in [0.1, 0.15) is 5.82 Å². The van der Waals surface area contributed by atoms with Gasteiger partial charge in [-0.3, -0.25) is 4.79 Å². The van der Waals surface area contributed by atoms with Gasteiger partial charge in [-0.1, -0.05) is 11.6 Å². The second-order valence-electron chi connectivity index (χ2n) is 4.06. The van der Waals surface area contributed by atoms with Gasteiger partial charge >= 0.3 is 0 Å². The van der Waals surface area contributed by atoms with Gasteiger partial charge < -0.3 is 0 Å². The first-order valence-electron chi connectivity index (χ1n) is 5.50. The van der Waals surface area contributed by atoms with Crippen molar-refractivity contribution in [2.75, 3.05) is 0 Å². The molecule has 0 saturated carbocycles. The van der Waals surface area contributed by atoms with Crippen LogP contribution in [0.5, 0.6) is 0 Å². The summed E-state index contributed by atoms with van der Waals surface area (Å²) in [5.74, 6) is -3.34. The topological polar surface area (TPSA) is 17.1 Å². The van der Waals surface area contributed by atoms with E-state index in [4.69, 9.17) is 11.6 Å². The maximum atomic E-state index is 13.5. The highest BCUT2D eigenvalue weighted by molar-refractivity contribution is 9.10. The van der Waals surface area contributed by atoms with Gasteiger partial charge in [0.25, 0.3) is 0 Å². The number of Topliss-reactive ketones (excluding diaryl/α,β-unsaturated/α-hetero) is 1. The minimum Gasteiger partial charge on any atom is -0.294 e. The maximum absolute atomic E-state index is 13.5. The Kier molecular flexibility index (Phi) is 4.50. The van der Waals surface area contributed by atoms with Gasteiger partial charge in [-0.15, -0.1) is 0 Å². The van der Waals surface area contributed by atoms with Crippen molar-refractivity contribution in [1.29, 1.82) is 0 Å². The molecule has 2 aromatic carbocycles. The summed E-state index contributed by atoms with van der Waals surface area (Å²) >= 11 is 8.55. The van der Waals surface area contributed by atoms with E-state index in [1.165, 1.54) is 12.1 Å². The van der Waals surface area contributed by atoms with Gasteiger partial charge in [0.15, 0.2) is 17.4 Å². The van der Waals surface area contributed by atoms with E-state index >= 15 is 0 Å². The molecule has 0 heterocycles. The molecule has 0 aromatic heterocycles. The summed E-state index contributed by atoms with van der Waals surface area (Å²) < 4.78 is 39.6. The van der Waals surface area contributed by atoms with E-state index in [1.807, 2.05) is 0 Å². The van der Waals surface area contributed by atoms with E-state index < -0.39 is 23.2 Å². The van der Waals surface area contributed by atoms with Crippen molar-refractivity contribution in [3.8, 4) is 0 Å². The van der Waals surface area contributed by atoms with Gasteiger partial charge in [0, 0.05) is 17.0 Å². The third kappa shape index (κ3) is 3.04. The van der Waals surface area contributed by atoms with Crippen molar-refractivity contribution in [2.24, 2.45) is 0 Å². The van der Waals surface area contributed by atoms with Crippen molar-refractivity contribution >= 4 is 33.3 Å². The van der Waals surface area contributed by atoms with Crippen LogP contribution in [0.3, 0.4) is 0 Å². The maximum Gasteiger partial charge on any atom is 0.173 e. The van der Waals surface area contributed by atoms with Crippen molar-refractivity contribution in [2.45, 2.75) is 6.42 Å². The van der Waals surface area contributed by atoms with E-state index in [0.29, 0.717) is 5.02 Å². The molecule has 0 radical (unpaired) electrons. The Morgan fingerprint density at radius 1 is 1.10 bits per heavy atom. The number of benzene rings is 2. The lowest BCUT2D eigenvalue weighted by Gasteiger charge is -2.07. The fraction of sp³-hybridized carbons (Fsp3) is 0.0714. The molecule has 2 rings (SSSR count). The fourth-order valence-corrected chi connectivity index (χ4v) is 2.43. The lowest BCUT2D eigenvalue weighted by Crippen LogP contribution is -2.07. The molecule has 0 bridgehead atoms. The molecule has 0 spiro atoms. The molecule has 0 N–H and O–H groups in total. The van der Waals surface area contributed by atoms with Crippen LogP contribution in [0.15, 0.2) is 34.8 Å². The fourth-order valence-electron chi connectivity index (χ4n) is 1.69. The predicted octanol–water partition coefficient (Wildman–Crippen LogP) is 4.95. The van der Waals surface area contributed by atoms with Crippen LogP contribution in [0.4, 0.5) is 13.2 Å². The summed E-state index contributed by atoms with van der Waals surface area (Å²) in [7, 11) is 0. The smallest absolute Gasteiger partial charge is 0.173 e. The zero-order chi connectivity index (χ0) is 14.9. The molecule has 0 aliphatic heterocycles. The van der Waals surface area contributed by atoms with Crippen molar-refractivity contribution in [1.82, 2.24) is 0 Å². The van der Waals surface area contributed by atoms with E-state index in [-0.39, 0.29) is 22.0 Å². The highest BCUT2D eigenvalue weighted by atomic mass is 79.9. The van der Waals surface area contributed by atoms with Crippen LogP contribution >= 0.6 is 27.5 Å². The van der Waals surface area contributed by atoms with Crippen LogP contribution in [0, 0.1) is 17.5 Å². The van der Waals surface area contributed by atoms with Gasteiger partial charge in [0.05, 0.1) is 4.47 Å². The lowest BCUT2D eigenvalue weighted by molar-refractivity contribution is 0.0990. The monoisotopic (exact) mass is 362 g/mol. The Hall–Kier alpha value is -1.33. The summed E-state index contributed by atoms with van der Waals surface area (Å²) in [4.78, 5) is 12.0. The van der Waals surface area contributed by atoms with Crippen molar-refractivity contribution in [3.05, 3.63) is 68.4 Å². The SMILES string of the molecule is O=C(Cc1cc(Cl)ccc1F)c1ccc(F)c(F)c1Br. The zero-order valence-corrected chi connectivity index (χ0v) is 12.2. The highest BCUT2D eigenvalue weighted by Crippen LogP contribution is 2.25. The number of hydrogen-bond acceptors (Lipinski definition) is 1. The van der Waals surface area contributed by atoms with Crippen molar-refractivity contribution < 1.29 is 18.0 Å². The van der Waals surface area contributed by atoms with Crippen LogP contribution in [0.1, 0.15) is 15.9 Å². The molecular weight excluding hydrogens is 357 g/mol. The number of ketones is 1. The molecular formula is C14H7BrClF3O. The van der Waals surface area contributed by atoms with E-state index in [9.17, 15) is 18.0 Å². The first-order valence-corrected chi connectivity index (χ1v) is 6.68. The van der Waals surface area contributed by atoms with E-state index in [1.54, 1.807) is 0 Å². The number of carbonyl (C=O) groups excluding carboxylic acids is 1. The largest absolute Gasteiger partial charge is 0.294 e. The normalized spacial score (nSPS) is 10.7. The van der Waals surface area contributed by atoms with Gasteiger partial charge in [-0.05, 0) is 51.8 Å². The van der Waals surface area contributed by atoms with Crippen LogP contribution in [0.25, 0.3) is 0 Å². The number of carbonyl (C=O) groups is 1. The third-order valence-corrected chi connectivity index (χ3v) is 3.70. The molecule has 2 aromatic rings. The molecule has 6 heteroatoms. The Morgan fingerprint density at radius 2 is 1.75 bits per heavy atom. The molecule has 1 nitrogen and oxygen atoms in total.